The predicted octanol–water partition coefficient (Wildman–Crippen LogP) is 6.94. The normalized spacial score (nSPS) is 15.8. The molecule has 0 aromatic heterocycles. The van der Waals surface area contributed by atoms with E-state index >= 15 is 0 Å². The number of hydrogen-bond donors (Lipinski definition) is 2. The maximum atomic E-state index is 11.2. The van der Waals surface area contributed by atoms with E-state index in [4.69, 9.17) is 0 Å². The van der Waals surface area contributed by atoms with Crippen LogP contribution in [0.25, 0.3) is 0 Å². The lowest BCUT2D eigenvalue weighted by Crippen LogP contribution is -2.16. The molecule has 0 amide bonds. The van der Waals surface area contributed by atoms with E-state index in [9.17, 15) is 10.2 Å². The highest BCUT2D eigenvalue weighted by Crippen LogP contribution is 2.47. The van der Waals surface area contributed by atoms with E-state index in [0.29, 0.717) is 17.4 Å². The van der Waals surface area contributed by atoms with Crippen LogP contribution in [0.5, 0.6) is 11.5 Å². The van der Waals surface area contributed by atoms with Crippen LogP contribution in [-0.2, 0) is 12.8 Å². The van der Waals surface area contributed by atoms with Crippen LogP contribution in [0.1, 0.15) is 91.7 Å². The third-order valence-corrected chi connectivity index (χ3v) is 6.53. The van der Waals surface area contributed by atoms with Crippen LogP contribution < -0.4 is 0 Å². The van der Waals surface area contributed by atoms with Gasteiger partial charge in [-0.15, -0.1) is 0 Å². The highest BCUT2D eigenvalue weighted by atomic mass is 16.3. The molecular weight excluding hydrogens is 344 g/mol. The van der Waals surface area contributed by atoms with Crippen LogP contribution in [0, 0.1) is 19.8 Å². The number of hydrogen-bond acceptors (Lipinski definition) is 2. The summed E-state index contributed by atoms with van der Waals surface area (Å²) in [6, 6.07) is 8.49. The minimum absolute atomic E-state index is 0.0495. The van der Waals surface area contributed by atoms with Crippen molar-refractivity contribution in [2.24, 2.45) is 5.92 Å². The van der Waals surface area contributed by atoms with Crippen molar-refractivity contribution in [2.75, 3.05) is 0 Å². The van der Waals surface area contributed by atoms with Crippen LogP contribution in [0.3, 0.4) is 0 Å². The number of aryl methyl sites for hydroxylation is 4. The molecule has 152 valence electrons. The topological polar surface area (TPSA) is 40.5 Å². The minimum atomic E-state index is 0.0495. The Kier molecular flexibility index (Phi) is 6.69. The molecule has 0 spiro atoms. The van der Waals surface area contributed by atoms with Crippen molar-refractivity contribution in [3.63, 3.8) is 0 Å². The van der Waals surface area contributed by atoms with Gasteiger partial charge in [0.25, 0.3) is 0 Å². The first-order chi connectivity index (χ1) is 13.5. The number of phenolic OH excluding ortho intramolecular Hbond substituents is 2. The second-order valence-corrected chi connectivity index (χ2v) is 8.66. The van der Waals surface area contributed by atoms with E-state index in [2.05, 4.69) is 52.0 Å². The van der Waals surface area contributed by atoms with Gasteiger partial charge in [-0.05, 0) is 56.6 Å². The summed E-state index contributed by atoms with van der Waals surface area (Å²) in [5.74, 6) is 1.37. The Balaban J connectivity index is 2.23. The van der Waals surface area contributed by atoms with Crippen LogP contribution in [0.4, 0.5) is 0 Å². The Labute approximate surface area is 170 Å². The van der Waals surface area contributed by atoms with Gasteiger partial charge in [0.2, 0.25) is 0 Å². The quantitative estimate of drug-likeness (QED) is 0.551. The lowest BCUT2D eigenvalue weighted by molar-refractivity contribution is 0.379. The number of rotatable bonds is 5. The molecule has 2 heteroatoms. The van der Waals surface area contributed by atoms with Crippen LogP contribution >= 0.6 is 0 Å². The van der Waals surface area contributed by atoms with Crippen molar-refractivity contribution in [3.05, 3.63) is 57.6 Å². The Morgan fingerprint density at radius 1 is 0.750 bits per heavy atom. The van der Waals surface area contributed by atoms with Gasteiger partial charge < -0.3 is 10.2 Å². The summed E-state index contributed by atoms with van der Waals surface area (Å²) in [4.78, 5) is 0. The smallest absolute Gasteiger partial charge is 0.122 e. The highest BCUT2D eigenvalue weighted by Gasteiger charge is 2.31. The van der Waals surface area contributed by atoms with Crippen molar-refractivity contribution >= 4 is 0 Å². The van der Waals surface area contributed by atoms with Gasteiger partial charge in [0.05, 0.1) is 0 Å². The number of benzene rings is 2. The standard InChI is InChI=1S/C26H36O2/c1-5-19-13-17(3)15-22(25(19)27)24(21-11-9-7-8-10-12-21)23-16-18(4)14-20(6-2)26(23)28/h13-16,21,24,27-28H,5-12H2,1-4H3. The molecule has 2 N–H and O–H groups in total. The van der Waals surface area contributed by atoms with Crippen molar-refractivity contribution in [2.45, 2.75) is 85.0 Å². The second-order valence-electron chi connectivity index (χ2n) is 8.66. The monoisotopic (exact) mass is 380 g/mol. The SMILES string of the molecule is CCc1cc(C)cc(C(c2cc(C)cc(CC)c2O)C2CCCCCC2)c1O. The molecule has 1 aliphatic carbocycles. The first kappa shape index (κ1) is 20.8. The van der Waals surface area contributed by atoms with Crippen molar-refractivity contribution < 1.29 is 10.2 Å². The summed E-state index contributed by atoms with van der Waals surface area (Å²) in [7, 11) is 0. The van der Waals surface area contributed by atoms with E-state index in [1.165, 1.54) is 36.8 Å². The maximum absolute atomic E-state index is 11.2. The average molecular weight is 381 g/mol. The van der Waals surface area contributed by atoms with Gasteiger partial charge in [-0.3, -0.25) is 0 Å². The van der Waals surface area contributed by atoms with Crippen molar-refractivity contribution in [1.29, 1.82) is 0 Å². The van der Waals surface area contributed by atoms with Gasteiger partial charge >= 0.3 is 0 Å². The Bertz CT molecular complexity index is 754. The summed E-state index contributed by atoms with van der Waals surface area (Å²) in [6.45, 7) is 8.41. The Morgan fingerprint density at radius 2 is 1.18 bits per heavy atom. The minimum Gasteiger partial charge on any atom is -0.507 e. The molecule has 0 saturated heterocycles. The summed E-state index contributed by atoms with van der Waals surface area (Å²) in [6.07, 6.45) is 9.02. The third kappa shape index (κ3) is 4.21. The fraction of sp³-hybridized carbons (Fsp3) is 0.538. The first-order valence-electron chi connectivity index (χ1n) is 11.1. The number of aromatic hydroxyl groups is 2. The molecule has 2 nitrogen and oxygen atoms in total. The van der Waals surface area contributed by atoms with E-state index in [1.54, 1.807) is 0 Å². The first-order valence-corrected chi connectivity index (χ1v) is 11.1. The van der Waals surface area contributed by atoms with Gasteiger partial charge in [-0.25, -0.2) is 0 Å². The van der Waals surface area contributed by atoms with Crippen LogP contribution in [-0.4, -0.2) is 10.2 Å². The maximum Gasteiger partial charge on any atom is 0.122 e. The number of phenols is 2. The zero-order valence-electron chi connectivity index (χ0n) is 18.0. The average Bonchev–Trinajstić information content (AvgIpc) is 2.96. The molecule has 2 aromatic carbocycles. The molecule has 0 unspecified atom stereocenters. The lowest BCUT2D eigenvalue weighted by Gasteiger charge is -2.30. The third-order valence-electron chi connectivity index (χ3n) is 6.53. The van der Waals surface area contributed by atoms with Crippen LogP contribution in [0.2, 0.25) is 0 Å². The summed E-state index contributed by atoms with van der Waals surface area (Å²) >= 11 is 0. The van der Waals surface area contributed by atoms with E-state index in [0.717, 1.165) is 47.9 Å². The molecule has 0 radical (unpaired) electrons. The highest BCUT2D eigenvalue weighted by molar-refractivity contribution is 5.54. The zero-order valence-corrected chi connectivity index (χ0v) is 18.0. The van der Waals surface area contributed by atoms with Gasteiger partial charge in [-0.2, -0.15) is 0 Å². The van der Waals surface area contributed by atoms with Gasteiger partial charge in [0.15, 0.2) is 0 Å². The van der Waals surface area contributed by atoms with Crippen LogP contribution in [0.15, 0.2) is 24.3 Å². The van der Waals surface area contributed by atoms with Gasteiger partial charge in [0, 0.05) is 17.0 Å². The molecular formula is C26H36O2. The largest absolute Gasteiger partial charge is 0.507 e. The Morgan fingerprint density at radius 3 is 1.57 bits per heavy atom. The van der Waals surface area contributed by atoms with Crippen molar-refractivity contribution in [3.8, 4) is 11.5 Å². The molecule has 2 aromatic rings. The molecule has 1 saturated carbocycles. The summed E-state index contributed by atoms with van der Waals surface area (Å²) in [5, 5.41) is 22.3. The molecule has 0 bridgehead atoms. The van der Waals surface area contributed by atoms with E-state index in [-0.39, 0.29) is 5.92 Å². The Hall–Kier alpha value is -1.96. The summed E-state index contributed by atoms with van der Waals surface area (Å²) < 4.78 is 0. The van der Waals surface area contributed by atoms with Gasteiger partial charge in [-0.1, -0.05) is 74.9 Å². The molecule has 3 rings (SSSR count). The predicted molar refractivity (Wildman–Crippen MR) is 117 cm³/mol. The van der Waals surface area contributed by atoms with E-state index in [1.807, 2.05) is 0 Å². The molecule has 28 heavy (non-hydrogen) atoms. The second kappa shape index (κ2) is 9.03. The fourth-order valence-corrected chi connectivity index (χ4v) is 5.10. The molecule has 0 atom stereocenters. The lowest BCUT2D eigenvalue weighted by atomic mass is 9.74. The van der Waals surface area contributed by atoms with Gasteiger partial charge in [0.1, 0.15) is 11.5 Å². The van der Waals surface area contributed by atoms with Crippen molar-refractivity contribution in [1.82, 2.24) is 0 Å². The molecule has 1 aliphatic rings. The molecule has 0 heterocycles. The van der Waals surface area contributed by atoms with E-state index < -0.39 is 0 Å². The zero-order chi connectivity index (χ0) is 20.3. The fourth-order valence-electron chi connectivity index (χ4n) is 5.10. The summed E-state index contributed by atoms with van der Waals surface area (Å²) in [5.41, 5.74) is 6.41. The molecule has 0 aliphatic heterocycles. The molecule has 1 fully saturated rings.